The second kappa shape index (κ2) is 3.12. The molecule has 0 aromatic carbocycles. The molecule has 3 atom stereocenters. The SMILES string of the molecule is CC1OC(=O)C=C1C1CC(=O)OC1C. The summed E-state index contributed by atoms with van der Waals surface area (Å²) in [4.78, 5) is 22.0. The molecule has 0 amide bonds. The van der Waals surface area contributed by atoms with Crippen LogP contribution in [0.5, 0.6) is 0 Å². The van der Waals surface area contributed by atoms with Gasteiger partial charge in [-0.3, -0.25) is 4.79 Å². The van der Waals surface area contributed by atoms with Crippen LogP contribution in [-0.2, 0) is 19.1 Å². The lowest BCUT2D eigenvalue weighted by Crippen LogP contribution is -2.19. The van der Waals surface area contributed by atoms with Crippen molar-refractivity contribution in [1.82, 2.24) is 0 Å². The quantitative estimate of drug-likeness (QED) is 0.582. The molecular formula is C10H12O4. The smallest absolute Gasteiger partial charge is 0.331 e. The monoisotopic (exact) mass is 196 g/mol. The van der Waals surface area contributed by atoms with E-state index in [1.165, 1.54) is 6.08 Å². The molecule has 0 spiro atoms. The highest BCUT2D eigenvalue weighted by atomic mass is 16.6. The van der Waals surface area contributed by atoms with E-state index < -0.39 is 0 Å². The molecule has 2 heterocycles. The molecule has 0 N–H and O–H groups in total. The predicted molar refractivity (Wildman–Crippen MR) is 47.3 cm³/mol. The lowest BCUT2D eigenvalue weighted by Gasteiger charge is -2.16. The van der Waals surface area contributed by atoms with Crippen LogP contribution in [0.1, 0.15) is 20.3 Å². The van der Waals surface area contributed by atoms with Gasteiger partial charge in [0.25, 0.3) is 0 Å². The summed E-state index contributed by atoms with van der Waals surface area (Å²) in [5.41, 5.74) is 0.883. The second-order valence-corrected chi connectivity index (χ2v) is 3.73. The van der Waals surface area contributed by atoms with Crippen molar-refractivity contribution >= 4 is 11.9 Å². The van der Waals surface area contributed by atoms with E-state index in [0.717, 1.165) is 5.57 Å². The molecule has 3 unspecified atom stereocenters. The Morgan fingerprint density at radius 2 is 2.00 bits per heavy atom. The van der Waals surface area contributed by atoms with Gasteiger partial charge in [0.15, 0.2) is 0 Å². The van der Waals surface area contributed by atoms with Crippen LogP contribution in [0.3, 0.4) is 0 Å². The number of esters is 2. The number of hydrogen-bond acceptors (Lipinski definition) is 4. The number of hydrogen-bond donors (Lipinski definition) is 0. The first-order valence-corrected chi connectivity index (χ1v) is 4.69. The van der Waals surface area contributed by atoms with Gasteiger partial charge in [-0.05, 0) is 19.4 Å². The van der Waals surface area contributed by atoms with Crippen LogP contribution in [0, 0.1) is 5.92 Å². The van der Waals surface area contributed by atoms with Crippen LogP contribution in [0.4, 0.5) is 0 Å². The molecule has 4 heteroatoms. The Balaban J connectivity index is 2.19. The molecule has 0 aliphatic carbocycles. The molecule has 76 valence electrons. The lowest BCUT2D eigenvalue weighted by molar-refractivity contribution is -0.141. The Bertz CT molecular complexity index is 318. The van der Waals surface area contributed by atoms with Gasteiger partial charge < -0.3 is 9.47 Å². The summed E-state index contributed by atoms with van der Waals surface area (Å²) >= 11 is 0. The van der Waals surface area contributed by atoms with Crippen molar-refractivity contribution in [3.05, 3.63) is 11.6 Å². The van der Waals surface area contributed by atoms with Crippen molar-refractivity contribution in [1.29, 1.82) is 0 Å². The molecule has 2 aliphatic heterocycles. The van der Waals surface area contributed by atoms with Crippen LogP contribution in [-0.4, -0.2) is 24.1 Å². The van der Waals surface area contributed by atoms with Crippen molar-refractivity contribution in [3.8, 4) is 0 Å². The van der Waals surface area contributed by atoms with Crippen LogP contribution in [0.25, 0.3) is 0 Å². The van der Waals surface area contributed by atoms with Gasteiger partial charge in [0.2, 0.25) is 0 Å². The Hall–Kier alpha value is -1.32. The Morgan fingerprint density at radius 1 is 1.29 bits per heavy atom. The minimum atomic E-state index is -0.320. The standard InChI is InChI=1S/C10H12O4/c1-5-7(3-9(11)13-5)8-4-10(12)14-6(8)2/h3,5-6,8H,4H2,1-2H3. The zero-order chi connectivity index (χ0) is 10.3. The van der Waals surface area contributed by atoms with E-state index in [2.05, 4.69) is 0 Å². The normalized spacial score (nSPS) is 36.7. The lowest BCUT2D eigenvalue weighted by atomic mass is 9.90. The van der Waals surface area contributed by atoms with Gasteiger partial charge in [0.1, 0.15) is 12.2 Å². The first kappa shape index (κ1) is 9.24. The molecule has 1 saturated heterocycles. The fraction of sp³-hybridized carbons (Fsp3) is 0.600. The maximum Gasteiger partial charge on any atom is 0.331 e. The third-order valence-corrected chi connectivity index (χ3v) is 2.75. The first-order chi connectivity index (χ1) is 6.58. The maximum atomic E-state index is 11.0. The molecule has 0 radical (unpaired) electrons. The number of rotatable bonds is 1. The highest BCUT2D eigenvalue weighted by molar-refractivity contribution is 5.86. The largest absolute Gasteiger partial charge is 0.462 e. The van der Waals surface area contributed by atoms with Gasteiger partial charge in [-0.1, -0.05) is 0 Å². The maximum absolute atomic E-state index is 11.0. The summed E-state index contributed by atoms with van der Waals surface area (Å²) in [6, 6.07) is 0. The molecule has 0 aromatic heterocycles. The van der Waals surface area contributed by atoms with E-state index in [9.17, 15) is 9.59 Å². The minimum Gasteiger partial charge on any atom is -0.462 e. The van der Waals surface area contributed by atoms with E-state index in [4.69, 9.17) is 9.47 Å². The fourth-order valence-electron chi connectivity index (χ4n) is 2.01. The van der Waals surface area contributed by atoms with E-state index in [-0.39, 0.29) is 30.1 Å². The molecule has 14 heavy (non-hydrogen) atoms. The Kier molecular flexibility index (Phi) is 2.06. The van der Waals surface area contributed by atoms with Crippen LogP contribution in [0.15, 0.2) is 11.6 Å². The number of cyclic esters (lactones) is 2. The third kappa shape index (κ3) is 1.41. The fourth-order valence-corrected chi connectivity index (χ4v) is 2.01. The Morgan fingerprint density at radius 3 is 2.43 bits per heavy atom. The van der Waals surface area contributed by atoms with Gasteiger partial charge in [-0.25, -0.2) is 4.79 Å². The van der Waals surface area contributed by atoms with Crippen LogP contribution in [0.2, 0.25) is 0 Å². The summed E-state index contributed by atoms with van der Waals surface area (Å²) in [5.74, 6) is -0.516. The van der Waals surface area contributed by atoms with Crippen molar-refractivity contribution < 1.29 is 19.1 Å². The molecule has 2 rings (SSSR count). The van der Waals surface area contributed by atoms with E-state index in [1.54, 1.807) is 0 Å². The highest BCUT2D eigenvalue weighted by Crippen LogP contribution is 2.33. The summed E-state index contributed by atoms with van der Waals surface area (Å²) in [6.07, 6.45) is 1.47. The zero-order valence-corrected chi connectivity index (χ0v) is 8.15. The minimum absolute atomic E-state index is 0.00366. The predicted octanol–water partition coefficient (Wildman–Crippen LogP) is 0.810. The van der Waals surface area contributed by atoms with Crippen LogP contribution >= 0.6 is 0 Å². The van der Waals surface area contributed by atoms with Crippen molar-refractivity contribution in [2.75, 3.05) is 0 Å². The van der Waals surface area contributed by atoms with E-state index >= 15 is 0 Å². The number of ether oxygens (including phenoxy) is 2. The number of carbonyl (C=O) groups is 2. The summed E-state index contributed by atoms with van der Waals surface area (Å²) in [7, 11) is 0. The molecular weight excluding hydrogens is 184 g/mol. The van der Waals surface area contributed by atoms with Gasteiger partial charge in [-0.15, -0.1) is 0 Å². The molecule has 4 nitrogen and oxygen atoms in total. The third-order valence-electron chi connectivity index (χ3n) is 2.75. The molecule has 2 aliphatic rings. The van der Waals surface area contributed by atoms with Gasteiger partial charge in [0.05, 0.1) is 6.42 Å². The summed E-state index contributed by atoms with van der Waals surface area (Å²) in [6.45, 7) is 3.65. The topological polar surface area (TPSA) is 52.6 Å². The molecule has 0 bridgehead atoms. The Labute approximate surface area is 81.9 Å². The highest BCUT2D eigenvalue weighted by Gasteiger charge is 2.39. The first-order valence-electron chi connectivity index (χ1n) is 4.69. The molecule has 0 aromatic rings. The van der Waals surface area contributed by atoms with Gasteiger partial charge in [0, 0.05) is 12.0 Å². The van der Waals surface area contributed by atoms with Crippen molar-refractivity contribution in [2.24, 2.45) is 5.92 Å². The zero-order valence-electron chi connectivity index (χ0n) is 8.15. The van der Waals surface area contributed by atoms with Crippen molar-refractivity contribution in [3.63, 3.8) is 0 Å². The van der Waals surface area contributed by atoms with Gasteiger partial charge in [-0.2, -0.15) is 0 Å². The van der Waals surface area contributed by atoms with Gasteiger partial charge >= 0.3 is 11.9 Å². The van der Waals surface area contributed by atoms with E-state index in [0.29, 0.717) is 6.42 Å². The average molecular weight is 196 g/mol. The van der Waals surface area contributed by atoms with Crippen LogP contribution < -0.4 is 0 Å². The molecule has 0 saturated carbocycles. The second-order valence-electron chi connectivity index (χ2n) is 3.73. The van der Waals surface area contributed by atoms with E-state index in [1.807, 2.05) is 13.8 Å². The summed E-state index contributed by atoms with van der Waals surface area (Å²) in [5, 5.41) is 0. The molecule has 1 fully saturated rings. The average Bonchev–Trinajstić information content (AvgIpc) is 2.55. The van der Waals surface area contributed by atoms with Crippen molar-refractivity contribution in [2.45, 2.75) is 32.5 Å². The number of carbonyl (C=O) groups excluding carboxylic acids is 2. The summed E-state index contributed by atoms with van der Waals surface area (Å²) < 4.78 is 9.99.